The number of hydrogen-bond donors (Lipinski definition) is 3. The number of rotatable bonds is 47. The number of unbranched alkanes of at least 4 members (excludes halogenated alkanes) is 34. The summed E-state index contributed by atoms with van der Waals surface area (Å²) in [6.07, 6.45) is 53.1. The van der Waals surface area contributed by atoms with Crippen LogP contribution in [0, 0.1) is 0 Å². The number of carbonyl (C=O) groups excluding carboxylic acids is 2. The second kappa shape index (κ2) is 47.3. The van der Waals surface area contributed by atoms with Crippen molar-refractivity contribution in [2.45, 2.75) is 289 Å². The van der Waals surface area contributed by atoms with Crippen molar-refractivity contribution in [3.63, 3.8) is 0 Å². The van der Waals surface area contributed by atoms with Crippen molar-refractivity contribution in [2.75, 3.05) is 13.2 Å². The van der Waals surface area contributed by atoms with Crippen molar-refractivity contribution >= 4 is 11.9 Å². The van der Waals surface area contributed by atoms with Crippen molar-refractivity contribution in [3.05, 3.63) is 12.2 Å². The first kappa shape index (κ1) is 55.6. The Bertz CT molecular complexity index is 847. The number of esters is 1. The quantitative estimate of drug-likeness (QED) is 0.0323. The lowest BCUT2D eigenvalue weighted by atomic mass is 10.0. The molecule has 0 aromatic carbocycles. The zero-order valence-electron chi connectivity index (χ0n) is 38.3. The third-order valence-corrected chi connectivity index (χ3v) is 11.8. The zero-order valence-corrected chi connectivity index (χ0v) is 38.3. The molecule has 0 bridgehead atoms. The van der Waals surface area contributed by atoms with Gasteiger partial charge in [-0.15, -0.1) is 0 Å². The Morgan fingerprint density at radius 1 is 0.474 bits per heavy atom. The predicted molar refractivity (Wildman–Crippen MR) is 246 cm³/mol. The van der Waals surface area contributed by atoms with Crippen LogP contribution in [-0.4, -0.2) is 47.4 Å². The largest absolute Gasteiger partial charge is 0.466 e. The fourth-order valence-electron chi connectivity index (χ4n) is 7.87. The van der Waals surface area contributed by atoms with Crippen LogP contribution in [0.3, 0.4) is 0 Å². The van der Waals surface area contributed by atoms with Crippen LogP contribution in [0.5, 0.6) is 0 Å². The molecule has 3 N–H and O–H groups in total. The third kappa shape index (κ3) is 44.0. The van der Waals surface area contributed by atoms with Crippen LogP contribution in [0.2, 0.25) is 0 Å². The first-order valence-corrected chi connectivity index (χ1v) is 25.4. The second-order valence-electron chi connectivity index (χ2n) is 17.5. The van der Waals surface area contributed by atoms with Gasteiger partial charge in [-0.1, -0.05) is 225 Å². The van der Waals surface area contributed by atoms with E-state index in [0.717, 1.165) is 57.8 Å². The van der Waals surface area contributed by atoms with E-state index < -0.39 is 12.1 Å². The van der Waals surface area contributed by atoms with Gasteiger partial charge in [0.2, 0.25) is 5.91 Å². The van der Waals surface area contributed by atoms with Gasteiger partial charge in [0.1, 0.15) is 0 Å². The summed E-state index contributed by atoms with van der Waals surface area (Å²) in [5.74, 6) is -0.0754. The van der Waals surface area contributed by atoms with Gasteiger partial charge in [-0.05, 0) is 51.4 Å². The Labute approximate surface area is 355 Å². The Balaban J connectivity index is 3.48. The van der Waals surface area contributed by atoms with E-state index >= 15 is 0 Å². The molecule has 0 spiro atoms. The molecule has 0 fully saturated rings. The van der Waals surface area contributed by atoms with E-state index in [9.17, 15) is 19.8 Å². The van der Waals surface area contributed by atoms with Crippen LogP contribution < -0.4 is 5.32 Å². The average molecular weight is 806 g/mol. The van der Waals surface area contributed by atoms with Gasteiger partial charge >= 0.3 is 5.97 Å². The highest BCUT2D eigenvalue weighted by molar-refractivity contribution is 5.76. The first-order valence-electron chi connectivity index (χ1n) is 25.4. The molecule has 0 saturated heterocycles. The maximum Gasteiger partial charge on any atom is 0.305 e. The van der Waals surface area contributed by atoms with Crippen LogP contribution in [0.15, 0.2) is 12.2 Å². The topological polar surface area (TPSA) is 95.9 Å². The van der Waals surface area contributed by atoms with E-state index in [2.05, 4.69) is 31.3 Å². The van der Waals surface area contributed by atoms with Crippen molar-refractivity contribution in [1.82, 2.24) is 5.32 Å². The van der Waals surface area contributed by atoms with Gasteiger partial charge in [0.05, 0.1) is 25.4 Å². The molecular weight excluding hydrogens is 707 g/mol. The molecule has 0 aliphatic carbocycles. The highest BCUT2D eigenvalue weighted by atomic mass is 16.5. The molecule has 0 aliphatic rings. The Kier molecular flexibility index (Phi) is 46.1. The molecule has 0 aromatic rings. The summed E-state index contributed by atoms with van der Waals surface area (Å²) in [6, 6.07) is -0.555. The molecule has 6 heteroatoms. The molecule has 57 heavy (non-hydrogen) atoms. The SMILES string of the molecule is CCCCCC/C=C\CCCCCCCC(=O)OCCCCCCCCCCCCCC(=O)NC(CO)C(O)CCCCCCCCCCCCCCCCCC. The minimum absolute atomic E-state index is 0.0225. The lowest BCUT2D eigenvalue weighted by Gasteiger charge is -2.22. The lowest BCUT2D eigenvalue weighted by Crippen LogP contribution is -2.45. The summed E-state index contributed by atoms with van der Waals surface area (Å²) in [5, 5.41) is 23.2. The molecule has 2 atom stereocenters. The number of aliphatic hydroxyl groups is 2. The Hall–Kier alpha value is -1.40. The van der Waals surface area contributed by atoms with Gasteiger partial charge in [0, 0.05) is 12.8 Å². The van der Waals surface area contributed by atoms with Crippen LogP contribution in [0.1, 0.15) is 277 Å². The summed E-state index contributed by atoms with van der Waals surface area (Å²) in [4.78, 5) is 24.4. The normalized spacial score (nSPS) is 12.7. The lowest BCUT2D eigenvalue weighted by molar-refractivity contribution is -0.143. The van der Waals surface area contributed by atoms with E-state index in [4.69, 9.17) is 4.74 Å². The summed E-state index contributed by atoms with van der Waals surface area (Å²) >= 11 is 0. The first-order chi connectivity index (χ1) is 28.0. The maximum absolute atomic E-state index is 12.4. The average Bonchev–Trinajstić information content (AvgIpc) is 3.21. The molecule has 0 heterocycles. The van der Waals surface area contributed by atoms with Gasteiger partial charge < -0.3 is 20.3 Å². The summed E-state index contributed by atoms with van der Waals surface area (Å²) in [7, 11) is 0. The summed E-state index contributed by atoms with van der Waals surface area (Å²) in [5.41, 5.74) is 0. The molecule has 2 unspecified atom stereocenters. The molecule has 338 valence electrons. The number of carbonyl (C=O) groups is 2. The van der Waals surface area contributed by atoms with Gasteiger partial charge in [0.25, 0.3) is 0 Å². The molecule has 0 rings (SSSR count). The van der Waals surface area contributed by atoms with Gasteiger partial charge in [-0.3, -0.25) is 9.59 Å². The number of amides is 1. The van der Waals surface area contributed by atoms with Crippen molar-refractivity contribution in [2.24, 2.45) is 0 Å². The molecule has 0 aromatic heterocycles. The third-order valence-electron chi connectivity index (χ3n) is 11.8. The minimum atomic E-state index is -0.676. The highest BCUT2D eigenvalue weighted by Gasteiger charge is 2.20. The molecule has 6 nitrogen and oxygen atoms in total. The second-order valence-corrected chi connectivity index (χ2v) is 17.5. The number of ether oxygens (including phenoxy) is 1. The van der Waals surface area contributed by atoms with E-state index in [1.54, 1.807) is 0 Å². The van der Waals surface area contributed by atoms with Crippen LogP contribution >= 0.6 is 0 Å². The molecule has 0 saturated carbocycles. The summed E-state index contributed by atoms with van der Waals surface area (Å²) < 4.78 is 5.44. The van der Waals surface area contributed by atoms with E-state index in [1.807, 2.05) is 0 Å². The van der Waals surface area contributed by atoms with Crippen molar-refractivity contribution < 1.29 is 24.5 Å². The standard InChI is InChI=1S/C51H99NO5/c1-3-5-7-9-11-13-15-17-18-19-21-23-27-31-35-39-43-49(54)48(47-53)52-50(55)44-40-36-32-28-24-22-26-30-34-38-42-46-57-51(56)45-41-37-33-29-25-20-16-14-12-10-8-6-4-2/h14,16,48-49,53-54H,3-13,15,17-47H2,1-2H3,(H,52,55)/b16-14-. The Morgan fingerprint density at radius 3 is 1.26 bits per heavy atom. The maximum atomic E-state index is 12.4. The van der Waals surface area contributed by atoms with E-state index in [1.165, 1.54) is 186 Å². The smallest absolute Gasteiger partial charge is 0.305 e. The predicted octanol–water partition coefficient (Wildman–Crippen LogP) is 15.0. The van der Waals surface area contributed by atoms with Crippen LogP contribution in [0.25, 0.3) is 0 Å². The van der Waals surface area contributed by atoms with E-state index in [-0.39, 0.29) is 18.5 Å². The minimum Gasteiger partial charge on any atom is -0.466 e. The van der Waals surface area contributed by atoms with Gasteiger partial charge in [-0.2, -0.15) is 0 Å². The Morgan fingerprint density at radius 2 is 0.825 bits per heavy atom. The van der Waals surface area contributed by atoms with Crippen molar-refractivity contribution in [1.29, 1.82) is 0 Å². The number of nitrogens with one attached hydrogen (secondary N) is 1. The van der Waals surface area contributed by atoms with Crippen molar-refractivity contribution in [3.8, 4) is 0 Å². The van der Waals surface area contributed by atoms with E-state index in [0.29, 0.717) is 25.9 Å². The highest BCUT2D eigenvalue weighted by Crippen LogP contribution is 2.16. The molecule has 0 aliphatic heterocycles. The molecule has 0 radical (unpaired) electrons. The summed E-state index contributed by atoms with van der Waals surface area (Å²) in [6.45, 7) is 4.90. The fourth-order valence-corrected chi connectivity index (χ4v) is 7.87. The van der Waals surface area contributed by atoms with Crippen LogP contribution in [-0.2, 0) is 14.3 Å². The zero-order chi connectivity index (χ0) is 41.5. The van der Waals surface area contributed by atoms with Gasteiger partial charge in [0.15, 0.2) is 0 Å². The number of aliphatic hydroxyl groups excluding tert-OH is 2. The number of hydrogen-bond acceptors (Lipinski definition) is 5. The monoisotopic (exact) mass is 806 g/mol. The van der Waals surface area contributed by atoms with Crippen LogP contribution in [0.4, 0.5) is 0 Å². The number of allylic oxidation sites excluding steroid dienone is 2. The molecule has 1 amide bonds. The van der Waals surface area contributed by atoms with Gasteiger partial charge in [-0.25, -0.2) is 0 Å². The fraction of sp³-hybridized carbons (Fsp3) is 0.922. The molecular formula is C51H99NO5.